The van der Waals surface area contributed by atoms with Crippen LogP contribution in [0.15, 0.2) is 43.9 Å². The van der Waals surface area contributed by atoms with Gasteiger partial charge in [0, 0.05) is 24.5 Å². The molecular weight excluding hydrogens is 564 g/mol. The average Bonchev–Trinajstić information content (AvgIpc) is 2.93. The maximum atomic E-state index is 8.49. The first kappa shape index (κ1) is 35.1. The maximum Gasteiger partial charge on any atom is 0.190 e. The molecular formula is C40H72N6. The molecule has 0 bridgehead atoms. The summed E-state index contributed by atoms with van der Waals surface area (Å²) in [5.41, 5.74) is 22.6. The fourth-order valence-corrected chi connectivity index (χ4v) is 9.91. The van der Waals surface area contributed by atoms with Crippen LogP contribution in [0.1, 0.15) is 124 Å². The van der Waals surface area contributed by atoms with Crippen LogP contribution in [0.4, 0.5) is 0 Å². The highest BCUT2D eigenvalue weighted by atomic mass is 15.3. The topological polar surface area (TPSA) is 101 Å². The normalized spacial score (nSPS) is 29.7. The molecule has 6 nitrogen and oxygen atoms in total. The summed E-state index contributed by atoms with van der Waals surface area (Å²) in [5.74, 6) is 8.39. The van der Waals surface area contributed by atoms with Gasteiger partial charge in [-0.1, -0.05) is 116 Å². The molecule has 0 radical (unpaired) electrons. The quantitative estimate of drug-likeness (QED) is 0.213. The van der Waals surface area contributed by atoms with Crippen LogP contribution >= 0.6 is 0 Å². The molecule has 0 aromatic carbocycles. The van der Waals surface area contributed by atoms with E-state index in [9.17, 15) is 0 Å². The zero-order valence-corrected chi connectivity index (χ0v) is 32.4. The van der Waals surface area contributed by atoms with Crippen LogP contribution in [0.25, 0.3) is 0 Å². The molecule has 2 aliphatic carbocycles. The highest BCUT2D eigenvalue weighted by molar-refractivity contribution is 5.84. The van der Waals surface area contributed by atoms with E-state index in [-0.39, 0.29) is 0 Å². The van der Waals surface area contributed by atoms with Gasteiger partial charge in [-0.2, -0.15) is 10.2 Å². The van der Waals surface area contributed by atoms with Gasteiger partial charge in [0.05, 0.1) is 5.70 Å². The van der Waals surface area contributed by atoms with Gasteiger partial charge in [0.2, 0.25) is 0 Å². The zero-order valence-electron chi connectivity index (χ0n) is 34.4. The van der Waals surface area contributed by atoms with Gasteiger partial charge in [0.25, 0.3) is 0 Å². The number of amidine groups is 2. The lowest BCUT2D eigenvalue weighted by Crippen LogP contribution is -2.49. The Kier molecular flexibility index (Phi) is 11.7. The van der Waals surface area contributed by atoms with Gasteiger partial charge in [0.15, 0.2) is 2.82 Å². The van der Waals surface area contributed by atoms with E-state index in [1.165, 1.54) is 33.1 Å². The van der Waals surface area contributed by atoms with Gasteiger partial charge >= 0.3 is 0 Å². The van der Waals surface area contributed by atoms with Crippen LogP contribution in [0, 0.1) is 82.9 Å². The Bertz CT molecular complexity index is 1290. The van der Waals surface area contributed by atoms with Crippen LogP contribution in [0.5, 0.6) is 0 Å². The SMILES string of the molecule is [2H]N1N=C(N)CC2=C1C(C(C)C)=C(C(C)C)C(C(C)C)C2C(C)C.[2H]N1N=C(N)CC2=C1C(C(C)C)C(C(C)C)C(C(C)C)C2C(C)C. The minimum atomic E-state index is 0.379. The maximum absolute atomic E-state index is 8.49. The first-order valence-electron chi connectivity index (χ1n) is 19.5. The van der Waals surface area contributed by atoms with Crippen LogP contribution < -0.4 is 22.3 Å². The Labute approximate surface area is 286 Å². The molecule has 6 unspecified atom stereocenters. The lowest BCUT2D eigenvalue weighted by molar-refractivity contribution is 0.0406. The Hall–Kier alpha value is -2.24. The van der Waals surface area contributed by atoms with Crippen molar-refractivity contribution in [2.45, 2.75) is 124 Å². The molecule has 0 spiro atoms. The first-order chi connectivity index (χ1) is 22.1. The van der Waals surface area contributed by atoms with Crippen LogP contribution in [0.3, 0.4) is 0 Å². The van der Waals surface area contributed by atoms with Crippen molar-refractivity contribution < 1.29 is 2.82 Å². The number of nitrogens with zero attached hydrogens (tertiary/aromatic N) is 2. The largest absolute Gasteiger partial charge is 0.385 e. The van der Waals surface area contributed by atoms with Crippen molar-refractivity contribution in [1.82, 2.24) is 10.8 Å². The molecule has 0 saturated heterocycles. The van der Waals surface area contributed by atoms with Crippen LogP contribution in [0.2, 0.25) is 2.82 Å². The number of hydrazone groups is 2. The molecule has 2 heterocycles. The second kappa shape index (κ2) is 15.3. The van der Waals surface area contributed by atoms with Gasteiger partial charge in [-0.05, 0) is 93.7 Å². The molecule has 2 aliphatic heterocycles. The molecule has 6 N–H and O–H groups in total. The van der Waals surface area contributed by atoms with Crippen molar-refractivity contribution in [2.75, 3.05) is 0 Å². The molecule has 0 saturated carbocycles. The van der Waals surface area contributed by atoms with Crippen molar-refractivity contribution in [3.63, 3.8) is 0 Å². The number of allylic oxidation sites excluding steroid dienone is 3. The third-order valence-electron chi connectivity index (χ3n) is 11.3. The molecule has 6 atom stereocenters. The molecule has 4 rings (SSSR count). The number of rotatable bonds is 8. The second-order valence-corrected chi connectivity index (χ2v) is 17.4. The first-order valence-corrected chi connectivity index (χ1v) is 18.6. The molecule has 4 aliphatic rings. The predicted molar refractivity (Wildman–Crippen MR) is 199 cm³/mol. The van der Waals surface area contributed by atoms with E-state index in [2.05, 4.69) is 121 Å². The van der Waals surface area contributed by atoms with E-state index in [0.717, 1.165) is 17.8 Å². The van der Waals surface area contributed by atoms with E-state index in [1.807, 2.05) is 0 Å². The van der Waals surface area contributed by atoms with Crippen molar-refractivity contribution in [3.8, 4) is 0 Å². The molecule has 6 heteroatoms. The average molecular weight is 639 g/mol. The minimum absolute atomic E-state index is 0.379. The molecule has 0 aromatic heterocycles. The fraction of sp³-hybridized carbons (Fsp3) is 0.800. The fourth-order valence-electron chi connectivity index (χ4n) is 9.91. The Balaban J connectivity index is 0.000000260. The molecule has 0 fully saturated rings. The van der Waals surface area contributed by atoms with Crippen LogP contribution in [-0.2, 0) is 0 Å². The Morgan fingerprint density at radius 1 is 0.543 bits per heavy atom. The lowest BCUT2D eigenvalue weighted by Gasteiger charge is -2.52. The summed E-state index contributed by atoms with van der Waals surface area (Å²) in [4.78, 5) is 0. The van der Waals surface area contributed by atoms with Gasteiger partial charge in [0.1, 0.15) is 11.7 Å². The number of hydrogen-bond acceptors (Lipinski definition) is 6. The van der Waals surface area contributed by atoms with E-state index in [4.69, 9.17) is 14.3 Å². The van der Waals surface area contributed by atoms with Gasteiger partial charge in [-0.3, -0.25) is 10.8 Å². The second-order valence-electron chi connectivity index (χ2n) is 17.4. The standard InChI is InChI=1S/C20H37N3.C20H35N3/c2*1-10(2)16-14-9-15(21)22-23-20(14)19(13(7)8)18(12(5)6)17(16)11(3)4/h10-13,16-19,23H,9H2,1-8H3,(H2,21,22);10-13,16-17,23H,9H2,1-8H3,(H2,21,22)/i/hD2. The van der Waals surface area contributed by atoms with Gasteiger partial charge in [-0.15, -0.1) is 0 Å². The molecule has 0 aromatic rings. The molecule has 46 heavy (non-hydrogen) atoms. The van der Waals surface area contributed by atoms with E-state index < -0.39 is 0 Å². The summed E-state index contributed by atoms with van der Waals surface area (Å²) in [6.07, 6.45) is 1.45. The van der Waals surface area contributed by atoms with E-state index in [0.29, 0.717) is 101 Å². The Morgan fingerprint density at radius 2 is 0.978 bits per heavy atom. The summed E-state index contributed by atoms with van der Waals surface area (Å²) in [6, 6.07) is 0. The summed E-state index contributed by atoms with van der Waals surface area (Å²) >= 11 is 0. The smallest absolute Gasteiger partial charge is 0.190 e. The lowest BCUT2D eigenvalue weighted by atomic mass is 9.54. The monoisotopic (exact) mass is 639 g/mol. The van der Waals surface area contributed by atoms with E-state index >= 15 is 0 Å². The third-order valence-corrected chi connectivity index (χ3v) is 11.3. The van der Waals surface area contributed by atoms with Crippen molar-refractivity contribution >= 4 is 11.7 Å². The highest BCUT2D eigenvalue weighted by Crippen LogP contribution is 2.54. The summed E-state index contributed by atoms with van der Waals surface area (Å²) in [6.45, 7) is 37.1. The number of hydrogen-bond donors (Lipinski definition) is 4. The van der Waals surface area contributed by atoms with E-state index in [1.54, 1.807) is 0 Å². The number of nitrogens with one attached hydrogen (secondary N) is 2. The van der Waals surface area contributed by atoms with Crippen molar-refractivity contribution in [3.05, 3.63) is 33.7 Å². The molecule has 0 amide bonds. The van der Waals surface area contributed by atoms with Gasteiger partial charge < -0.3 is 11.5 Å². The predicted octanol–water partition coefficient (Wildman–Crippen LogP) is 9.28. The Morgan fingerprint density at radius 3 is 1.39 bits per heavy atom. The summed E-state index contributed by atoms with van der Waals surface area (Å²) in [7, 11) is 0. The van der Waals surface area contributed by atoms with Crippen LogP contribution in [-0.4, -0.2) is 11.7 Å². The third kappa shape index (κ3) is 7.57. The highest BCUT2D eigenvalue weighted by Gasteiger charge is 2.49. The zero-order chi connectivity index (χ0) is 36.7. The molecule has 262 valence electrons. The van der Waals surface area contributed by atoms with Gasteiger partial charge in [-0.25, -0.2) is 0 Å². The summed E-state index contributed by atoms with van der Waals surface area (Å²) < 4.78 is 17.0. The van der Waals surface area contributed by atoms with Crippen molar-refractivity contribution in [2.24, 2.45) is 105 Å². The van der Waals surface area contributed by atoms with Crippen molar-refractivity contribution in [1.29, 1.82) is 0 Å². The summed E-state index contributed by atoms with van der Waals surface area (Å²) in [5, 5.41) is 8.55. The minimum Gasteiger partial charge on any atom is -0.385 e. The number of nitrogens with two attached hydrogens (primary N) is 2.